The first-order chi connectivity index (χ1) is 14.7. The summed E-state index contributed by atoms with van der Waals surface area (Å²) in [5, 5.41) is 31.6. The van der Waals surface area contributed by atoms with Gasteiger partial charge in [0.05, 0.1) is 21.0 Å². The monoisotopic (exact) mass is 424 g/mol. The highest BCUT2D eigenvalue weighted by Gasteiger charge is 2.18. The molecular weight excluding hydrogens is 412 g/mol. The molecule has 0 aliphatic rings. The van der Waals surface area contributed by atoms with Gasteiger partial charge in [0.15, 0.2) is 11.5 Å². The molecule has 0 saturated carbocycles. The molecule has 0 heterocycles. The second-order valence-electron chi connectivity index (χ2n) is 6.02. The van der Waals surface area contributed by atoms with E-state index in [1.54, 1.807) is 0 Å². The summed E-state index contributed by atoms with van der Waals surface area (Å²) in [4.78, 5) is 44.9. The number of nitro groups is 2. The molecule has 11 nitrogen and oxygen atoms in total. The lowest BCUT2D eigenvalue weighted by atomic mass is 10.2. The van der Waals surface area contributed by atoms with Gasteiger partial charge in [-0.15, -0.1) is 0 Å². The highest BCUT2D eigenvalue weighted by molar-refractivity contribution is 5.93. The van der Waals surface area contributed by atoms with Crippen LogP contribution in [0.3, 0.4) is 0 Å². The molecule has 0 atom stereocenters. The minimum atomic E-state index is -0.985. The lowest BCUT2D eigenvalue weighted by Gasteiger charge is -2.09. The van der Waals surface area contributed by atoms with E-state index in [4.69, 9.17) is 9.47 Å². The van der Waals surface area contributed by atoms with Gasteiger partial charge in [-0.05, 0) is 24.3 Å². The topological polar surface area (TPSA) is 159 Å². The average molecular weight is 424 g/mol. The van der Waals surface area contributed by atoms with Crippen LogP contribution in [0, 0.1) is 20.2 Å². The van der Waals surface area contributed by atoms with Crippen molar-refractivity contribution in [2.24, 2.45) is 0 Å². The Morgan fingerprint density at radius 2 is 1.26 bits per heavy atom. The van der Waals surface area contributed by atoms with E-state index in [1.807, 2.05) is 0 Å². The number of esters is 2. The largest absolute Gasteiger partial charge is 0.504 e. The van der Waals surface area contributed by atoms with Crippen molar-refractivity contribution in [3.63, 3.8) is 0 Å². The Hall–Kier alpha value is -4.80. The molecule has 0 unspecified atom stereocenters. The van der Waals surface area contributed by atoms with Crippen LogP contribution in [0.15, 0.2) is 66.7 Å². The molecule has 1 N–H and O–H groups in total. The molecule has 11 heteroatoms. The first-order valence-electron chi connectivity index (χ1n) is 8.51. The third-order valence-corrected chi connectivity index (χ3v) is 3.93. The molecule has 0 aromatic heterocycles. The average Bonchev–Trinajstić information content (AvgIpc) is 2.76. The molecule has 0 spiro atoms. The maximum atomic E-state index is 12.3. The van der Waals surface area contributed by atoms with Crippen molar-refractivity contribution in [1.29, 1.82) is 0 Å². The molecule has 0 aliphatic carbocycles. The Bertz CT molecular complexity index is 1210. The first kappa shape index (κ1) is 20.9. The zero-order valence-electron chi connectivity index (χ0n) is 15.5. The summed E-state index contributed by atoms with van der Waals surface area (Å²) < 4.78 is 10.2. The molecule has 3 rings (SSSR count). The van der Waals surface area contributed by atoms with Crippen LogP contribution in [0.25, 0.3) is 0 Å². The van der Waals surface area contributed by atoms with Gasteiger partial charge >= 0.3 is 11.9 Å². The van der Waals surface area contributed by atoms with Crippen molar-refractivity contribution >= 4 is 23.3 Å². The Morgan fingerprint density at radius 3 is 1.77 bits per heavy atom. The highest BCUT2D eigenvalue weighted by atomic mass is 16.6. The number of carbonyl (C=O) groups excluding carboxylic acids is 2. The van der Waals surface area contributed by atoms with Crippen molar-refractivity contribution in [2.45, 2.75) is 0 Å². The number of carbonyl (C=O) groups is 2. The molecule has 0 aliphatic heterocycles. The van der Waals surface area contributed by atoms with E-state index < -0.39 is 27.5 Å². The quantitative estimate of drug-likeness (QED) is 0.270. The van der Waals surface area contributed by atoms with Gasteiger partial charge in [-0.2, -0.15) is 0 Å². The minimum Gasteiger partial charge on any atom is -0.504 e. The van der Waals surface area contributed by atoms with E-state index in [0.29, 0.717) is 0 Å². The summed E-state index contributed by atoms with van der Waals surface area (Å²) in [6.07, 6.45) is 0. The first-order valence-corrected chi connectivity index (χ1v) is 8.51. The van der Waals surface area contributed by atoms with Gasteiger partial charge < -0.3 is 14.6 Å². The summed E-state index contributed by atoms with van der Waals surface area (Å²) in [5.41, 5.74) is -0.838. The lowest BCUT2D eigenvalue weighted by Crippen LogP contribution is -2.11. The number of benzene rings is 3. The molecule has 0 amide bonds. The predicted octanol–water partition coefficient (Wildman–Crippen LogP) is 3.65. The van der Waals surface area contributed by atoms with Crippen LogP contribution in [0.1, 0.15) is 20.7 Å². The summed E-state index contributed by atoms with van der Waals surface area (Å²) in [5.74, 6) is -2.82. The van der Waals surface area contributed by atoms with Gasteiger partial charge in [-0.3, -0.25) is 20.2 Å². The van der Waals surface area contributed by atoms with Crippen LogP contribution in [-0.4, -0.2) is 26.9 Å². The summed E-state index contributed by atoms with van der Waals surface area (Å²) >= 11 is 0. The highest BCUT2D eigenvalue weighted by Crippen LogP contribution is 2.31. The smallest absolute Gasteiger partial charge is 0.343 e. The molecule has 3 aromatic carbocycles. The van der Waals surface area contributed by atoms with Gasteiger partial charge in [-0.1, -0.05) is 12.1 Å². The zero-order chi connectivity index (χ0) is 22.5. The van der Waals surface area contributed by atoms with E-state index >= 15 is 0 Å². The number of nitro benzene ring substituents is 2. The number of rotatable bonds is 6. The van der Waals surface area contributed by atoms with Gasteiger partial charge in [0.1, 0.15) is 5.75 Å². The zero-order valence-corrected chi connectivity index (χ0v) is 15.5. The van der Waals surface area contributed by atoms with E-state index in [9.17, 15) is 34.9 Å². The van der Waals surface area contributed by atoms with Crippen molar-refractivity contribution in [3.8, 4) is 17.2 Å². The standard InChI is InChI=1S/C20H12N2O9/c23-17-8-7-16(30-19(24)12-3-1-5-14(9-12)21(26)27)11-18(17)31-20(25)13-4-2-6-15(10-13)22(28)29/h1-11,23H. The van der Waals surface area contributed by atoms with Crippen molar-refractivity contribution in [1.82, 2.24) is 0 Å². The number of non-ortho nitro benzene ring substituents is 2. The fourth-order valence-corrected chi connectivity index (χ4v) is 2.46. The number of ether oxygens (including phenoxy) is 2. The molecule has 0 fully saturated rings. The minimum absolute atomic E-state index is 0.0857. The number of hydrogen-bond donors (Lipinski definition) is 1. The number of nitrogens with zero attached hydrogens (tertiary/aromatic N) is 2. The van der Waals surface area contributed by atoms with Crippen LogP contribution in [-0.2, 0) is 0 Å². The van der Waals surface area contributed by atoms with Gasteiger partial charge in [-0.25, -0.2) is 9.59 Å². The van der Waals surface area contributed by atoms with Crippen LogP contribution in [0.5, 0.6) is 17.2 Å². The Labute approximate surface area is 173 Å². The van der Waals surface area contributed by atoms with Crippen molar-refractivity contribution in [3.05, 3.63) is 98.1 Å². The number of hydrogen-bond acceptors (Lipinski definition) is 9. The number of phenolic OH excluding ortho intramolecular Hbond substituents is 1. The fraction of sp³-hybridized carbons (Fsp3) is 0. The van der Waals surface area contributed by atoms with Gasteiger partial charge in [0, 0.05) is 30.3 Å². The van der Waals surface area contributed by atoms with E-state index in [0.717, 1.165) is 24.3 Å². The second kappa shape index (κ2) is 8.69. The Kier molecular flexibility index (Phi) is 5.87. The van der Waals surface area contributed by atoms with Gasteiger partial charge in [0.2, 0.25) is 0 Å². The lowest BCUT2D eigenvalue weighted by molar-refractivity contribution is -0.385. The maximum Gasteiger partial charge on any atom is 0.343 e. The molecule has 31 heavy (non-hydrogen) atoms. The van der Waals surface area contributed by atoms with Gasteiger partial charge in [0.25, 0.3) is 11.4 Å². The fourth-order valence-electron chi connectivity index (χ4n) is 2.46. The summed E-state index contributed by atoms with van der Waals surface area (Å²) in [6, 6.07) is 13.0. The van der Waals surface area contributed by atoms with Crippen LogP contribution < -0.4 is 9.47 Å². The normalized spacial score (nSPS) is 10.2. The Morgan fingerprint density at radius 1 is 0.742 bits per heavy atom. The van der Waals surface area contributed by atoms with Crippen LogP contribution in [0.2, 0.25) is 0 Å². The molecule has 3 aromatic rings. The van der Waals surface area contributed by atoms with Crippen LogP contribution in [0.4, 0.5) is 11.4 Å². The molecule has 156 valence electrons. The maximum absolute atomic E-state index is 12.3. The summed E-state index contributed by atoms with van der Waals surface area (Å²) in [7, 11) is 0. The summed E-state index contributed by atoms with van der Waals surface area (Å²) in [6.45, 7) is 0. The van der Waals surface area contributed by atoms with Crippen molar-refractivity contribution in [2.75, 3.05) is 0 Å². The third-order valence-electron chi connectivity index (χ3n) is 3.93. The number of phenols is 1. The van der Waals surface area contributed by atoms with Crippen molar-refractivity contribution < 1.29 is 34.0 Å². The van der Waals surface area contributed by atoms with E-state index in [1.165, 1.54) is 42.5 Å². The Balaban J connectivity index is 1.79. The van der Waals surface area contributed by atoms with Crippen LogP contribution >= 0.6 is 0 Å². The van der Waals surface area contributed by atoms with E-state index in [2.05, 4.69) is 0 Å². The molecule has 0 radical (unpaired) electrons. The molecule has 0 saturated heterocycles. The predicted molar refractivity (Wildman–Crippen MR) is 104 cm³/mol. The number of aromatic hydroxyl groups is 1. The molecular formula is C20H12N2O9. The van der Waals surface area contributed by atoms with E-state index in [-0.39, 0.29) is 34.0 Å². The third kappa shape index (κ3) is 4.98. The SMILES string of the molecule is O=C(Oc1ccc(O)c(OC(=O)c2cccc([N+](=O)[O-])c2)c1)c1cccc([N+](=O)[O-])c1. The molecule has 0 bridgehead atoms. The second-order valence-corrected chi connectivity index (χ2v) is 6.02.